The van der Waals surface area contributed by atoms with Gasteiger partial charge in [-0.25, -0.2) is 0 Å². The molecule has 0 unspecified atom stereocenters. The maximum Gasteiger partial charge on any atom is 0.173 e. The van der Waals surface area contributed by atoms with Gasteiger partial charge < -0.3 is 0 Å². The summed E-state index contributed by atoms with van der Waals surface area (Å²) in [5.41, 5.74) is 0. The van der Waals surface area contributed by atoms with E-state index in [2.05, 4.69) is 4.99 Å². The summed E-state index contributed by atoms with van der Waals surface area (Å²) in [4.78, 5) is 25.2. The predicted octanol–water partition coefficient (Wildman–Crippen LogP) is 0.359. The molecule has 52 valence electrons. The third-order valence-corrected chi connectivity index (χ3v) is 1.30. The van der Waals surface area contributed by atoms with E-state index >= 15 is 0 Å². The molecule has 1 rings (SSSR count). The van der Waals surface area contributed by atoms with Gasteiger partial charge in [0.25, 0.3) is 0 Å². The Hall–Kier alpha value is -1.25. The van der Waals surface area contributed by atoms with E-state index in [4.69, 9.17) is 0 Å². The van der Waals surface area contributed by atoms with Crippen molar-refractivity contribution in [1.29, 1.82) is 0 Å². The van der Waals surface area contributed by atoms with Crippen LogP contribution in [0.25, 0.3) is 0 Å². The standard InChI is InChI=1S/C7H7NO2/c1-5(9)6-4-8-3-2-7(6)10/h2-4,6H,1H3/t6-/m1/s1. The van der Waals surface area contributed by atoms with Gasteiger partial charge in [0.2, 0.25) is 0 Å². The predicted molar refractivity (Wildman–Crippen MR) is 36.8 cm³/mol. The number of rotatable bonds is 1. The average molecular weight is 137 g/mol. The molecule has 1 aliphatic heterocycles. The maximum absolute atomic E-state index is 10.8. The highest BCUT2D eigenvalue weighted by molar-refractivity contribution is 6.18. The summed E-state index contributed by atoms with van der Waals surface area (Å²) in [7, 11) is 0. The van der Waals surface area contributed by atoms with E-state index in [1.165, 1.54) is 25.4 Å². The second kappa shape index (κ2) is 2.56. The fourth-order valence-electron chi connectivity index (χ4n) is 0.735. The average Bonchev–Trinajstić information content (AvgIpc) is 1.88. The number of ketones is 2. The van der Waals surface area contributed by atoms with Crippen LogP contribution in [0, 0.1) is 5.92 Å². The molecule has 0 radical (unpaired) electrons. The van der Waals surface area contributed by atoms with Crippen LogP contribution < -0.4 is 0 Å². The zero-order valence-corrected chi connectivity index (χ0v) is 5.57. The number of Topliss-reactive ketones (excluding diaryl/α,β-unsaturated/α-hetero) is 1. The van der Waals surface area contributed by atoms with E-state index in [0.29, 0.717) is 0 Å². The van der Waals surface area contributed by atoms with Gasteiger partial charge >= 0.3 is 0 Å². The fourth-order valence-corrected chi connectivity index (χ4v) is 0.735. The minimum atomic E-state index is -0.634. The first-order valence-corrected chi connectivity index (χ1v) is 2.96. The third kappa shape index (κ3) is 1.18. The molecular weight excluding hydrogens is 130 g/mol. The highest BCUT2D eigenvalue weighted by atomic mass is 16.1. The summed E-state index contributed by atoms with van der Waals surface area (Å²) < 4.78 is 0. The second-order valence-corrected chi connectivity index (χ2v) is 2.10. The molecule has 1 aliphatic rings. The number of hydrogen-bond acceptors (Lipinski definition) is 3. The number of carbonyl (C=O) groups is 2. The first-order valence-electron chi connectivity index (χ1n) is 2.96. The van der Waals surface area contributed by atoms with Crippen LogP contribution in [-0.4, -0.2) is 17.8 Å². The number of carbonyl (C=O) groups excluding carboxylic acids is 2. The summed E-state index contributed by atoms with van der Waals surface area (Å²) in [5, 5.41) is 0. The van der Waals surface area contributed by atoms with E-state index in [0.717, 1.165) is 0 Å². The Labute approximate surface area is 58.5 Å². The van der Waals surface area contributed by atoms with Crippen molar-refractivity contribution in [2.24, 2.45) is 10.9 Å². The van der Waals surface area contributed by atoms with Gasteiger partial charge in [0.1, 0.15) is 11.7 Å². The Morgan fingerprint density at radius 3 is 2.80 bits per heavy atom. The SMILES string of the molecule is CC(=O)[C@H]1C=NC=CC1=O. The topological polar surface area (TPSA) is 46.5 Å². The Bertz CT molecular complexity index is 228. The number of hydrogen-bond donors (Lipinski definition) is 0. The lowest BCUT2D eigenvalue weighted by molar-refractivity contribution is -0.126. The number of allylic oxidation sites excluding steroid dienone is 1. The molecule has 0 amide bonds. The molecule has 0 aromatic carbocycles. The lowest BCUT2D eigenvalue weighted by Gasteiger charge is -2.04. The first-order chi connectivity index (χ1) is 4.72. The van der Waals surface area contributed by atoms with Crippen molar-refractivity contribution in [3.05, 3.63) is 12.3 Å². The summed E-state index contributed by atoms with van der Waals surface area (Å²) >= 11 is 0. The van der Waals surface area contributed by atoms with E-state index in [1.54, 1.807) is 0 Å². The maximum atomic E-state index is 10.8. The van der Waals surface area contributed by atoms with Crippen LogP contribution in [0.3, 0.4) is 0 Å². The summed E-state index contributed by atoms with van der Waals surface area (Å²) in [6.45, 7) is 1.38. The van der Waals surface area contributed by atoms with Gasteiger partial charge in [-0.05, 0) is 6.92 Å². The van der Waals surface area contributed by atoms with Crippen molar-refractivity contribution >= 4 is 17.8 Å². The highest BCUT2D eigenvalue weighted by Gasteiger charge is 2.19. The van der Waals surface area contributed by atoms with Gasteiger partial charge in [-0.3, -0.25) is 14.6 Å². The Balaban J connectivity index is 2.80. The normalized spacial score (nSPS) is 23.3. The minimum Gasteiger partial charge on any atom is -0.299 e. The van der Waals surface area contributed by atoms with Gasteiger partial charge in [0, 0.05) is 18.5 Å². The van der Waals surface area contributed by atoms with Crippen molar-refractivity contribution in [3.8, 4) is 0 Å². The Kier molecular flexibility index (Phi) is 1.76. The molecular formula is C7H7NO2. The molecule has 0 fully saturated rings. The van der Waals surface area contributed by atoms with E-state index in [9.17, 15) is 9.59 Å². The van der Waals surface area contributed by atoms with E-state index in [1.807, 2.05) is 0 Å². The smallest absolute Gasteiger partial charge is 0.173 e. The van der Waals surface area contributed by atoms with Gasteiger partial charge in [0.15, 0.2) is 5.78 Å². The molecule has 0 aromatic rings. The van der Waals surface area contributed by atoms with Crippen molar-refractivity contribution in [3.63, 3.8) is 0 Å². The van der Waals surface area contributed by atoms with Crippen LogP contribution in [0.15, 0.2) is 17.3 Å². The van der Waals surface area contributed by atoms with E-state index < -0.39 is 5.92 Å². The van der Waals surface area contributed by atoms with Crippen LogP contribution in [0.2, 0.25) is 0 Å². The lowest BCUT2D eigenvalue weighted by atomic mass is 10.0. The van der Waals surface area contributed by atoms with Gasteiger partial charge in [-0.2, -0.15) is 0 Å². The summed E-state index contributed by atoms with van der Waals surface area (Å²) in [6, 6.07) is 0. The summed E-state index contributed by atoms with van der Waals surface area (Å²) in [5.74, 6) is -0.967. The van der Waals surface area contributed by atoms with Crippen LogP contribution in [0.4, 0.5) is 0 Å². The van der Waals surface area contributed by atoms with Gasteiger partial charge in [0.05, 0.1) is 0 Å². The molecule has 0 N–H and O–H groups in total. The van der Waals surface area contributed by atoms with Crippen LogP contribution in [0.5, 0.6) is 0 Å². The fraction of sp³-hybridized carbons (Fsp3) is 0.286. The largest absolute Gasteiger partial charge is 0.299 e. The first kappa shape index (κ1) is 6.86. The van der Waals surface area contributed by atoms with Crippen molar-refractivity contribution in [2.75, 3.05) is 0 Å². The second-order valence-electron chi connectivity index (χ2n) is 2.10. The molecule has 1 atom stereocenters. The van der Waals surface area contributed by atoms with Crippen LogP contribution >= 0.6 is 0 Å². The van der Waals surface area contributed by atoms with Crippen molar-refractivity contribution in [1.82, 2.24) is 0 Å². The Morgan fingerprint density at radius 2 is 2.40 bits per heavy atom. The monoisotopic (exact) mass is 137 g/mol. The molecule has 0 saturated carbocycles. The van der Waals surface area contributed by atoms with E-state index in [-0.39, 0.29) is 11.6 Å². The lowest BCUT2D eigenvalue weighted by Crippen LogP contribution is -2.23. The molecule has 0 saturated heterocycles. The van der Waals surface area contributed by atoms with Crippen LogP contribution in [-0.2, 0) is 9.59 Å². The molecule has 1 heterocycles. The molecule has 0 bridgehead atoms. The Morgan fingerprint density at radius 1 is 1.70 bits per heavy atom. The minimum absolute atomic E-state index is 0.155. The molecule has 0 aliphatic carbocycles. The molecule has 3 nitrogen and oxygen atoms in total. The van der Waals surface area contributed by atoms with Crippen molar-refractivity contribution < 1.29 is 9.59 Å². The number of nitrogens with zero attached hydrogens (tertiary/aromatic N) is 1. The molecule has 10 heavy (non-hydrogen) atoms. The molecule has 3 heteroatoms. The van der Waals surface area contributed by atoms with Crippen LogP contribution in [0.1, 0.15) is 6.92 Å². The van der Waals surface area contributed by atoms with Gasteiger partial charge in [-0.15, -0.1) is 0 Å². The number of aliphatic imine (C=N–C) groups is 1. The molecule has 0 aromatic heterocycles. The van der Waals surface area contributed by atoms with Crippen molar-refractivity contribution in [2.45, 2.75) is 6.92 Å². The highest BCUT2D eigenvalue weighted by Crippen LogP contribution is 2.02. The summed E-state index contributed by atoms with van der Waals surface area (Å²) in [6.07, 6.45) is 4.07. The third-order valence-electron chi connectivity index (χ3n) is 1.30. The quantitative estimate of drug-likeness (QED) is 0.490. The zero-order chi connectivity index (χ0) is 7.56. The molecule has 0 spiro atoms. The van der Waals surface area contributed by atoms with Gasteiger partial charge in [-0.1, -0.05) is 0 Å². The zero-order valence-electron chi connectivity index (χ0n) is 5.57.